The zero-order valence-corrected chi connectivity index (χ0v) is 10.2. The van der Waals surface area contributed by atoms with Crippen LogP contribution in [-0.2, 0) is 11.2 Å². The molecule has 2 aromatic rings. The Morgan fingerprint density at radius 2 is 2.39 bits per heavy atom. The van der Waals surface area contributed by atoms with Crippen LogP contribution in [0.3, 0.4) is 0 Å². The number of rotatable bonds is 3. The molecule has 0 aliphatic carbocycles. The number of thiazole rings is 1. The lowest BCUT2D eigenvalue weighted by Gasteiger charge is -1.98. The third kappa shape index (κ3) is 2.88. The van der Waals surface area contributed by atoms with Gasteiger partial charge in [0, 0.05) is 5.38 Å². The first-order chi connectivity index (χ1) is 8.69. The highest BCUT2D eigenvalue weighted by atomic mass is 32.1. The van der Waals surface area contributed by atoms with E-state index in [9.17, 15) is 9.59 Å². The summed E-state index contributed by atoms with van der Waals surface area (Å²) in [6.45, 7) is 0. The number of anilines is 1. The minimum absolute atomic E-state index is 0.0860. The second kappa shape index (κ2) is 5.36. The molecular weight excluding hydrogens is 258 g/mol. The Bertz CT molecular complexity index is 550. The third-order valence-corrected chi connectivity index (χ3v) is 2.76. The van der Waals surface area contributed by atoms with Crippen LogP contribution in [0, 0.1) is 0 Å². The number of nitrogens with zero attached hydrogens (tertiary/aromatic N) is 4. The number of ether oxygens (including phenoxy) is 1. The van der Waals surface area contributed by atoms with Gasteiger partial charge < -0.3 is 4.74 Å². The Labute approximate surface area is 106 Å². The van der Waals surface area contributed by atoms with Crippen molar-refractivity contribution in [3.8, 4) is 0 Å². The van der Waals surface area contributed by atoms with Crippen LogP contribution in [0.2, 0.25) is 0 Å². The number of amides is 1. The maximum atomic E-state index is 11.7. The monoisotopic (exact) mass is 267 g/mol. The molecule has 0 unspecified atom stereocenters. The van der Waals surface area contributed by atoms with Crippen LogP contribution in [-0.4, -0.2) is 39.1 Å². The van der Waals surface area contributed by atoms with Gasteiger partial charge in [0.25, 0.3) is 5.91 Å². The second-order valence-electron chi connectivity index (χ2n) is 3.18. The Hall–Kier alpha value is -2.29. The molecule has 94 valence electrons. The molecule has 0 aliphatic heterocycles. The van der Waals surface area contributed by atoms with Crippen LogP contribution in [0.4, 0.5) is 9.93 Å². The zero-order valence-electron chi connectivity index (χ0n) is 9.36. The number of hydrogen-bond acceptors (Lipinski definition) is 7. The van der Waals surface area contributed by atoms with Crippen molar-refractivity contribution in [1.82, 2.24) is 20.0 Å². The number of carbonyl (C=O) groups is 2. The van der Waals surface area contributed by atoms with Crippen molar-refractivity contribution in [2.24, 2.45) is 0 Å². The summed E-state index contributed by atoms with van der Waals surface area (Å²) in [4.78, 5) is 26.7. The summed E-state index contributed by atoms with van der Waals surface area (Å²) in [5, 5.41) is 11.6. The second-order valence-corrected chi connectivity index (χ2v) is 4.04. The standard InChI is InChI=1S/C9H9N5O3S/c1-17-9(16)12-8-11-6(5-18-8)4-7(15)14-3-2-10-13-14/h2-3,5H,4H2,1H3,(H,11,12,16). The van der Waals surface area contributed by atoms with Crippen LogP contribution >= 0.6 is 11.3 Å². The summed E-state index contributed by atoms with van der Waals surface area (Å²) in [5.41, 5.74) is 0.548. The molecule has 0 aliphatic rings. The summed E-state index contributed by atoms with van der Waals surface area (Å²) in [5.74, 6) is -0.248. The molecule has 8 nitrogen and oxygen atoms in total. The average Bonchev–Trinajstić information content (AvgIpc) is 3.00. The van der Waals surface area contributed by atoms with Gasteiger partial charge in [-0.1, -0.05) is 5.21 Å². The summed E-state index contributed by atoms with van der Waals surface area (Å²) >= 11 is 1.21. The minimum Gasteiger partial charge on any atom is -0.453 e. The Kier molecular flexibility index (Phi) is 3.63. The highest BCUT2D eigenvalue weighted by Gasteiger charge is 2.11. The molecule has 1 amide bonds. The van der Waals surface area contributed by atoms with Crippen molar-refractivity contribution in [2.75, 3.05) is 12.4 Å². The van der Waals surface area contributed by atoms with Crippen LogP contribution in [0.25, 0.3) is 0 Å². The van der Waals surface area contributed by atoms with E-state index in [1.54, 1.807) is 5.38 Å². The lowest BCUT2D eigenvalue weighted by atomic mass is 10.3. The topological polar surface area (TPSA) is 99.0 Å². The summed E-state index contributed by atoms with van der Waals surface area (Å²) in [6.07, 6.45) is 2.37. The van der Waals surface area contributed by atoms with E-state index in [1.807, 2.05) is 0 Å². The van der Waals surface area contributed by atoms with Crippen molar-refractivity contribution in [3.05, 3.63) is 23.5 Å². The van der Waals surface area contributed by atoms with E-state index < -0.39 is 6.09 Å². The fourth-order valence-electron chi connectivity index (χ4n) is 1.16. The summed E-state index contributed by atoms with van der Waals surface area (Å²) in [7, 11) is 1.26. The maximum absolute atomic E-state index is 11.7. The lowest BCUT2D eigenvalue weighted by molar-refractivity contribution is 0.0895. The number of aromatic nitrogens is 4. The fourth-order valence-corrected chi connectivity index (χ4v) is 1.86. The number of nitrogens with one attached hydrogen (secondary N) is 1. The molecule has 2 heterocycles. The highest BCUT2D eigenvalue weighted by molar-refractivity contribution is 7.13. The van der Waals surface area contributed by atoms with Gasteiger partial charge in [-0.2, -0.15) is 4.68 Å². The molecule has 2 rings (SSSR count). The molecule has 0 saturated heterocycles. The number of methoxy groups -OCH3 is 1. The molecule has 0 bridgehead atoms. The molecule has 0 spiro atoms. The van der Waals surface area contributed by atoms with Gasteiger partial charge in [0.1, 0.15) is 0 Å². The average molecular weight is 267 g/mol. The minimum atomic E-state index is -0.599. The molecule has 0 saturated carbocycles. The van der Waals surface area contributed by atoms with Gasteiger partial charge >= 0.3 is 6.09 Å². The molecular formula is C9H9N5O3S. The molecule has 9 heteroatoms. The molecule has 1 N–H and O–H groups in total. The number of hydrogen-bond donors (Lipinski definition) is 1. The van der Waals surface area contributed by atoms with Crippen LogP contribution < -0.4 is 5.32 Å². The normalized spacial score (nSPS) is 10.1. The Morgan fingerprint density at radius 1 is 1.56 bits per heavy atom. The molecule has 0 atom stereocenters. The highest BCUT2D eigenvalue weighted by Crippen LogP contribution is 2.16. The van der Waals surface area contributed by atoms with Gasteiger partial charge in [-0.15, -0.1) is 16.4 Å². The van der Waals surface area contributed by atoms with E-state index >= 15 is 0 Å². The smallest absolute Gasteiger partial charge is 0.413 e. The fraction of sp³-hybridized carbons (Fsp3) is 0.222. The molecule has 18 heavy (non-hydrogen) atoms. The van der Waals surface area contributed by atoms with E-state index in [0.29, 0.717) is 10.8 Å². The Morgan fingerprint density at radius 3 is 3.06 bits per heavy atom. The summed E-state index contributed by atoms with van der Waals surface area (Å²) in [6, 6.07) is 0. The van der Waals surface area contributed by atoms with Gasteiger partial charge in [-0.05, 0) is 0 Å². The van der Waals surface area contributed by atoms with Crippen molar-refractivity contribution >= 4 is 28.5 Å². The van der Waals surface area contributed by atoms with Gasteiger partial charge in [0.2, 0.25) is 0 Å². The van der Waals surface area contributed by atoms with Crippen molar-refractivity contribution in [2.45, 2.75) is 6.42 Å². The first-order valence-corrected chi connectivity index (χ1v) is 5.76. The predicted octanol–water partition coefficient (Wildman–Crippen LogP) is 0.796. The number of carbonyl (C=O) groups excluding carboxylic acids is 2. The SMILES string of the molecule is COC(=O)Nc1nc(CC(=O)n2ccnn2)cs1. The van der Waals surface area contributed by atoms with Crippen LogP contribution in [0.15, 0.2) is 17.8 Å². The van der Waals surface area contributed by atoms with E-state index in [2.05, 4.69) is 25.3 Å². The van der Waals surface area contributed by atoms with Gasteiger partial charge in [0.15, 0.2) is 5.13 Å². The quantitative estimate of drug-likeness (QED) is 0.882. The lowest BCUT2D eigenvalue weighted by Crippen LogP contribution is -2.15. The van der Waals surface area contributed by atoms with E-state index in [-0.39, 0.29) is 12.3 Å². The Balaban J connectivity index is 1.98. The van der Waals surface area contributed by atoms with Gasteiger partial charge in [-0.3, -0.25) is 10.1 Å². The molecule has 0 radical (unpaired) electrons. The van der Waals surface area contributed by atoms with Crippen molar-refractivity contribution < 1.29 is 14.3 Å². The van der Waals surface area contributed by atoms with Crippen LogP contribution in [0.1, 0.15) is 10.5 Å². The zero-order chi connectivity index (χ0) is 13.0. The van der Waals surface area contributed by atoms with Crippen molar-refractivity contribution in [1.29, 1.82) is 0 Å². The van der Waals surface area contributed by atoms with E-state index in [0.717, 1.165) is 4.68 Å². The molecule has 0 aromatic carbocycles. The first kappa shape index (κ1) is 12.2. The molecule has 2 aromatic heterocycles. The van der Waals surface area contributed by atoms with Crippen LogP contribution in [0.5, 0.6) is 0 Å². The van der Waals surface area contributed by atoms with E-state index in [1.165, 1.54) is 30.8 Å². The molecule has 0 fully saturated rings. The third-order valence-electron chi connectivity index (χ3n) is 1.96. The largest absolute Gasteiger partial charge is 0.453 e. The summed E-state index contributed by atoms with van der Waals surface area (Å²) < 4.78 is 5.56. The van der Waals surface area contributed by atoms with E-state index in [4.69, 9.17) is 0 Å². The van der Waals surface area contributed by atoms with Gasteiger partial charge in [-0.25, -0.2) is 9.78 Å². The predicted molar refractivity (Wildman–Crippen MR) is 62.5 cm³/mol. The van der Waals surface area contributed by atoms with Gasteiger partial charge in [0.05, 0.1) is 31.6 Å². The van der Waals surface area contributed by atoms with Crippen molar-refractivity contribution in [3.63, 3.8) is 0 Å². The first-order valence-electron chi connectivity index (χ1n) is 4.88. The maximum Gasteiger partial charge on any atom is 0.413 e.